The molecule has 1 atom stereocenters. The molecule has 2 aliphatic rings. The highest BCUT2D eigenvalue weighted by Gasteiger charge is 2.30. The zero-order chi connectivity index (χ0) is 26.7. The summed E-state index contributed by atoms with van der Waals surface area (Å²) in [5.41, 5.74) is 3.05. The number of carbonyl (C=O) groups is 2. The number of hydrogen-bond acceptors (Lipinski definition) is 5. The molecule has 2 aliphatic heterocycles. The third-order valence-corrected chi connectivity index (χ3v) is 7.00. The first-order chi connectivity index (χ1) is 18.3. The number of likely N-dealkylation sites (N-methyl/N-ethyl adjacent to an activating group) is 1. The molecule has 0 radical (unpaired) electrons. The molecule has 2 amide bonds. The summed E-state index contributed by atoms with van der Waals surface area (Å²) in [6.07, 6.45) is 5.67. The van der Waals surface area contributed by atoms with Gasteiger partial charge in [0.25, 0.3) is 0 Å². The number of aliphatic hydroxyl groups is 1. The van der Waals surface area contributed by atoms with Gasteiger partial charge in [0.15, 0.2) is 0 Å². The summed E-state index contributed by atoms with van der Waals surface area (Å²) in [5, 5.41) is 17.6. The number of rotatable bonds is 3. The lowest BCUT2D eigenvalue weighted by atomic mass is 9.94. The van der Waals surface area contributed by atoms with E-state index >= 15 is 0 Å². The minimum Gasteiger partial charge on any atom is -0.381 e. The van der Waals surface area contributed by atoms with Crippen LogP contribution in [0, 0.1) is 17.7 Å². The molecule has 196 valence electrons. The van der Waals surface area contributed by atoms with Crippen molar-refractivity contribution in [1.29, 1.82) is 0 Å². The molecule has 9 heteroatoms. The van der Waals surface area contributed by atoms with E-state index in [4.69, 9.17) is 4.74 Å². The molecule has 3 aromatic rings. The van der Waals surface area contributed by atoms with Crippen LogP contribution in [0.3, 0.4) is 0 Å². The van der Waals surface area contributed by atoms with Crippen LogP contribution < -0.4 is 10.2 Å². The zero-order valence-corrected chi connectivity index (χ0v) is 21.1. The molecule has 0 saturated carbocycles. The summed E-state index contributed by atoms with van der Waals surface area (Å²) in [6, 6.07) is 10.6. The highest BCUT2D eigenvalue weighted by molar-refractivity contribution is 6.00. The highest BCUT2D eigenvalue weighted by atomic mass is 19.1. The van der Waals surface area contributed by atoms with Crippen LogP contribution in [0.4, 0.5) is 14.9 Å². The van der Waals surface area contributed by atoms with Crippen molar-refractivity contribution in [2.75, 3.05) is 25.2 Å². The second-order valence-electron chi connectivity index (χ2n) is 9.77. The zero-order valence-electron chi connectivity index (χ0n) is 21.1. The normalized spacial score (nSPS) is 18.7. The molecule has 0 aliphatic carbocycles. The second kappa shape index (κ2) is 10.8. The lowest BCUT2D eigenvalue weighted by molar-refractivity contribution is -0.120. The standard InChI is InChI=1S/C29H29FN4O4/c1-33-26-17-21(10-11-29(37)12-14-38-15-13-29)2-5-23(26)6-9-25(27(33)35)32-28(36)34-19-22(18-31-34)16-20-3-7-24(30)8-4-20/h2-5,7-8,17-19,25,37H,6,9,12-16H2,1H3,(H,32,36)/t25-/m1/s1. The molecule has 0 bridgehead atoms. The van der Waals surface area contributed by atoms with Gasteiger partial charge in [-0.2, -0.15) is 9.78 Å². The van der Waals surface area contributed by atoms with Crippen LogP contribution in [0.25, 0.3) is 0 Å². The number of fused-ring (bicyclic) bond motifs is 1. The fraction of sp³-hybridized carbons (Fsp3) is 0.345. The molecule has 1 saturated heterocycles. The summed E-state index contributed by atoms with van der Waals surface area (Å²) >= 11 is 0. The number of amides is 2. The van der Waals surface area contributed by atoms with Gasteiger partial charge < -0.3 is 20.1 Å². The Morgan fingerprint density at radius 2 is 1.97 bits per heavy atom. The first kappa shape index (κ1) is 25.6. The first-order valence-electron chi connectivity index (χ1n) is 12.6. The lowest BCUT2D eigenvalue weighted by Crippen LogP contribution is -2.48. The van der Waals surface area contributed by atoms with Crippen molar-refractivity contribution in [2.45, 2.75) is 43.7 Å². The van der Waals surface area contributed by atoms with Gasteiger partial charge in [0.1, 0.15) is 17.5 Å². The van der Waals surface area contributed by atoms with Gasteiger partial charge in [0, 0.05) is 43.8 Å². The molecule has 38 heavy (non-hydrogen) atoms. The third kappa shape index (κ3) is 5.77. The Hall–Kier alpha value is -4.00. The molecular formula is C29H29FN4O4. The molecule has 5 rings (SSSR count). The summed E-state index contributed by atoms with van der Waals surface area (Å²) in [5.74, 6) is 5.49. The monoisotopic (exact) mass is 516 g/mol. The van der Waals surface area contributed by atoms with E-state index in [1.165, 1.54) is 16.8 Å². The fourth-order valence-electron chi connectivity index (χ4n) is 4.71. The average molecular weight is 517 g/mol. The van der Waals surface area contributed by atoms with Crippen LogP contribution in [-0.4, -0.2) is 58.7 Å². The van der Waals surface area contributed by atoms with Crippen molar-refractivity contribution in [1.82, 2.24) is 15.1 Å². The number of nitrogens with zero attached hydrogens (tertiary/aromatic N) is 3. The largest absolute Gasteiger partial charge is 0.381 e. The molecule has 0 unspecified atom stereocenters. The van der Waals surface area contributed by atoms with Gasteiger partial charge in [-0.25, -0.2) is 9.18 Å². The quantitative estimate of drug-likeness (QED) is 0.522. The van der Waals surface area contributed by atoms with Gasteiger partial charge in [-0.05, 0) is 53.8 Å². The maximum atomic E-state index is 13.3. The van der Waals surface area contributed by atoms with Gasteiger partial charge in [-0.3, -0.25) is 4.79 Å². The number of nitrogens with one attached hydrogen (secondary N) is 1. The van der Waals surface area contributed by atoms with Crippen molar-refractivity contribution < 1.29 is 23.8 Å². The first-order valence-corrected chi connectivity index (χ1v) is 12.6. The molecule has 1 aromatic heterocycles. The van der Waals surface area contributed by atoms with E-state index in [-0.39, 0.29) is 11.7 Å². The second-order valence-corrected chi connectivity index (χ2v) is 9.77. The maximum absolute atomic E-state index is 13.3. The van der Waals surface area contributed by atoms with E-state index in [1.54, 1.807) is 36.5 Å². The summed E-state index contributed by atoms with van der Waals surface area (Å²) in [4.78, 5) is 27.7. The minimum atomic E-state index is -1.06. The predicted octanol–water partition coefficient (Wildman–Crippen LogP) is 3.04. The Labute approximate surface area is 220 Å². The Morgan fingerprint density at radius 1 is 1.21 bits per heavy atom. The van der Waals surface area contributed by atoms with Crippen molar-refractivity contribution in [3.8, 4) is 11.8 Å². The Bertz CT molecular complexity index is 1400. The molecule has 2 N–H and O–H groups in total. The molecule has 0 spiro atoms. The van der Waals surface area contributed by atoms with Gasteiger partial charge in [0.2, 0.25) is 5.91 Å². The summed E-state index contributed by atoms with van der Waals surface area (Å²) in [6.45, 7) is 0.960. The fourth-order valence-corrected chi connectivity index (χ4v) is 4.71. The number of benzene rings is 2. The van der Waals surface area contributed by atoms with Crippen molar-refractivity contribution in [3.05, 3.63) is 82.9 Å². The number of aryl methyl sites for hydroxylation is 1. The van der Waals surface area contributed by atoms with Crippen LogP contribution >= 0.6 is 0 Å². The predicted molar refractivity (Wildman–Crippen MR) is 139 cm³/mol. The lowest BCUT2D eigenvalue weighted by Gasteiger charge is -2.26. The number of ether oxygens (including phenoxy) is 1. The third-order valence-electron chi connectivity index (χ3n) is 7.00. The van der Waals surface area contributed by atoms with Gasteiger partial charge in [-0.1, -0.05) is 30.0 Å². The van der Waals surface area contributed by atoms with E-state index < -0.39 is 17.7 Å². The topological polar surface area (TPSA) is 96.7 Å². The Kier molecular flexibility index (Phi) is 7.27. The number of aromatic nitrogens is 2. The number of halogens is 1. The van der Waals surface area contributed by atoms with E-state index in [1.807, 2.05) is 18.2 Å². The number of carbonyl (C=O) groups excluding carboxylic acids is 2. The molecule has 3 heterocycles. The molecule has 2 aromatic carbocycles. The Morgan fingerprint density at radius 3 is 2.74 bits per heavy atom. The molecule has 1 fully saturated rings. The van der Waals surface area contributed by atoms with Crippen LogP contribution in [0.1, 0.15) is 41.5 Å². The average Bonchev–Trinajstić information content (AvgIpc) is 3.35. The van der Waals surface area contributed by atoms with Gasteiger partial charge >= 0.3 is 6.03 Å². The summed E-state index contributed by atoms with van der Waals surface area (Å²) in [7, 11) is 1.68. The SMILES string of the molecule is CN1C(=O)[C@H](NC(=O)n2cc(Cc3ccc(F)cc3)cn2)CCc2ccc(C#CC3(O)CCOCC3)cc21. The van der Waals surface area contributed by atoms with Crippen LogP contribution in [-0.2, 0) is 22.4 Å². The smallest absolute Gasteiger partial charge is 0.342 e. The van der Waals surface area contributed by atoms with Gasteiger partial charge in [0.05, 0.1) is 19.4 Å². The van der Waals surface area contributed by atoms with Crippen molar-refractivity contribution in [3.63, 3.8) is 0 Å². The molecule has 8 nitrogen and oxygen atoms in total. The van der Waals surface area contributed by atoms with Crippen LogP contribution in [0.2, 0.25) is 0 Å². The molecular weight excluding hydrogens is 487 g/mol. The Balaban J connectivity index is 1.25. The van der Waals surface area contributed by atoms with Crippen LogP contribution in [0.15, 0.2) is 54.9 Å². The van der Waals surface area contributed by atoms with E-state index in [2.05, 4.69) is 22.3 Å². The van der Waals surface area contributed by atoms with E-state index in [9.17, 15) is 19.1 Å². The van der Waals surface area contributed by atoms with Crippen LogP contribution in [0.5, 0.6) is 0 Å². The number of anilines is 1. The van der Waals surface area contributed by atoms with E-state index in [0.29, 0.717) is 50.9 Å². The number of hydrogen-bond donors (Lipinski definition) is 2. The van der Waals surface area contributed by atoms with E-state index in [0.717, 1.165) is 22.4 Å². The van der Waals surface area contributed by atoms with Crippen molar-refractivity contribution >= 4 is 17.6 Å². The van der Waals surface area contributed by atoms with Gasteiger partial charge in [-0.15, -0.1) is 0 Å². The minimum absolute atomic E-state index is 0.232. The summed E-state index contributed by atoms with van der Waals surface area (Å²) < 4.78 is 19.6. The highest BCUT2D eigenvalue weighted by Crippen LogP contribution is 2.28. The van der Waals surface area contributed by atoms with Crippen molar-refractivity contribution in [2.24, 2.45) is 0 Å². The maximum Gasteiger partial charge on any atom is 0.342 e.